The van der Waals surface area contributed by atoms with E-state index in [0.29, 0.717) is 19.6 Å². The van der Waals surface area contributed by atoms with Crippen molar-refractivity contribution in [2.75, 3.05) is 6.54 Å². The molecule has 4 heterocycles. The van der Waals surface area contributed by atoms with Crippen LogP contribution < -0.4 is 0 Å². The number of amides is 1. The normalized spacial score (nSPS) is 15.3. The van der Waals surface area contributed by atoms with Gasteiger partial charge in [0.2, 0.25) is 5.91 Å². The molecule has 7 heteroatoms. The van der Waals surface area contributed by atoms with Gasteiger partial charge in [0.1, 0.15) is 0 Å². The van der Waals surface area contributed by atoms with Crippen LogP contribution in [-0.2, 0) is 17.9 Å². The van der Waals surface area contributed by atoms with Gasteiger partial charge < -0.3 is 4.90 Å². The maximum Gasteiger partial charge on any atom is 0.246 e. The van der Waals surface area contributed by atoms with Crippen LogP contribution in [0.3, 0.4) is 0 Å². The molecule has 0 aliphatic carbocycles. The molecule has 1 aliphatic heterocycles. The second kappa shape index (κ2) is 8.96. The summed E-state index contributed by atoms with van der Waals surface area (Å²) in [7, 11) is 0. The third-order valence-corrected chi connectivity index (χ3v) is 7.30. The molecule has 1 atom stereocenters. The number of aromatic nitrogens is 3. The average Bonchev–Trinajstić information content (AvgIpc) is 3.39. The zero-order valence-corrected chi connectivity index (χ0v) is 19.8. The summed E-state index contributed by atoms with van der Waals surface area (Å²) in [5.74, 6) is -0.0387. The van der Waals surface area contributed by atoms with Gasteiger partial charge >= 0.3 is 0 Å². The van der Waals surface area contributed by atoms with E-state index in [9.17, 15) is 4.79 Å². The number of hydrogen-bond donors (Lipinski definition) is 0. The van der Waals surface area contributed by atoms with Crippen LogP contribution in [0.1, 0.15) is 33.3 Å². The Hall–Kier alpha value is -3.22. The molecule has 5 nitrogen and oxygen atoms in total. The number of pyridine rings is 1. The number of carbonyl (C=O) groups excluding carboxylic acids is 1. The van der Waals surface area contributed by atoms with E-state index in [1.807, 2.05) is 46.8 Å². The molecule has 0 radical (unpaired) electrons. The molecule has 166 valence electrons. The molecular formula is C26H23ClN4OS. The standard InChI is InChI=1S/C26H23ClN4OS/c1-3-26(32)30-14-23(21-12-25(27)33-24(21)16-30)20-10-5-4-9-19(20)22-15-31(29-17(22)2)13-18-8-6-7-11-28-18/h3-12,15,23H,1,13-14,16H2,2H3/t23-/m0/s1. The van der Waals surface area contributed by atoms with E-state index in [4.69, 9.17) is 16.7 Å². The third kappa shape index (κ3) is 4.24. The number of halogens is 1. The smallest absolute Gasteiger partial charge is 0.246 e. The second-order valence-corrected chi connectivity index (χ2v) is 9.91. The second-order valence-electron chi connectivity index (χ2n) is 8.14. The molecule has 0 spiro atoms. The number of fused-ring (bicyclic) bond motifs is 1. The first kappa shape index (κ1) is 21.6. The summed E-state index contributed by atoms with van der Waals surface area (Å²) in [4.78, 5) is 19.9. The van der Waals surface area contributed by atoms with E-state index in [2.05, 4.69) is 36.0 Å². The van der Waals surface area contributed by atoms with Gasteiger partial charge in [-0.3, -0.25) is 14.5 Å². The highest BCUT2D eigenvalue weighted by molar-refractivity contribution is 7.16. The van der Waals surface area contributed by atoms with Gasteiger partial charge in [-0.1, -0.05) is 48.5 Å². The van der Waals surface area contributed by atoms with Crippen LogP contribution >= 0.6 is 22.9 Å². The van der Waals surface area contributed by atoms with Crippen molar-refractivity contribution in [1.82, 2.24) is 19.7 Å². The van der Waals surface area contributed by atoms with Gasteiger partial charge in [-0.15, -0.1) is 11.3 Å². The van der Waals surface area contributed by atoms with Gasteiger partial charge in [0.15, 0.2) is 0 Å². The van der Waals surface area contributed by atoms with Crippen LogP contribution in [-0.4, -0.2) is 32.1 Å². The molecule has 0 unspecified atom stereocenters. The van der Waals surface area contributed by atoms with Gasteiger partial charge in [0.05, 0.1) is 28.8 Å². The highest BCUT2D eigenvalue weighted by Gasteiger charge is 2.32. The molecular weight excluding hydrogens is 452 g/mol. The van der Waals surface area contributed by atoms with Gasteiger partial charge in [-0.2, -0.15) is 5.10 Å². The Morgan fingerprint density at radius 2 is 2.03 bits per heavy atom. The minimum atomic E-state index is -0.0629. The van der Waals surface area contributed by atoms with Crippen LogP contribution in [0.4, 0.5) is 0 Å². The highest BCUT2D eigenvalue weighted by atomic mass is 35.5. The van der Waals surface area contributed by atoms with Crippen molar-refractivity contribution in [3.05, 3.63) is 105 Å². The van der Waals surface area contributed by atoms with Gasteiger partial charge in [-0.05, 0) is 47.9 Å². The molecule has 0 saturated carbocycles. The fourth-order valence-corrected chi connectivity index (χ4v) is 5.87. The third-order valence-electron chi connectivity index (χ3n) is 6.03. The zero-order chi connectivity index (χ0) is 22.9. The first-order chi connectivity index (χ1) is 16.0. The van der Waals surface area contributed by atoms with Crippen molar-refractivity contribution in [2.45, 2.75) is 25.9 Å². The summed E-state index contributed by atoms with van der Waals surface area (Å²) in [6.45, 7) is 7.47. The average molecular weight is 475 g/mol. The van der Waals surface area contributed by atoms with E-state index < -0.39 is 0 Å². The fourth-order valence-electron chi connectivity index (χ4n) is 4.51. The molecule has 5 rings (SSSR count). The SMILES string of the molecule is C=CC(=O)N1Cc2sc(Cl)cc2[C@H](c2ccccc2-c2cn(Cc3ccccn3)nc2C)C1. The van der Waals surface area contributed by atoms with Crippen molar-refractivity contribution in [3.63, 3.8) is 0 Å². The number of benzene rings is 1. The Morgan fingerprint density at radius 1 is 1.21 bits per heavy atom. The van der Waals surface area contributed by atoms with E-state index >= 15 is 0 Å². The summed E-state index contributed by atoms with van der Waals surface area (Å²) in [6, 6.07) is 16.3. The Balaban J connectivity index is 1.56. The topological polar surface area (TPSA) is 51.0 Å². The minimum Gasteiger partial charge on any atom is -0.333 e. The molecule has 1 aromatic carbocycles. The number of carbonyl (C=O) groups is 1. The summed E-state index contributed by atoms with van der Waals surface area (Å²) < 4.78 is 2.68. The van der Waals surface area contributed by atoms with E-state index in [0.717, 1.165) is 37.3 Å². The highest BCUT2D eigenvalue weighted by Crippen LogP contribution is 2.43. The number of rotatable bonds is 5. The summed E-state index contributed by atoms with van der Waals surface area (Å²) in [6.07, 6.45) is 5.26. The van der Waals surface area contributed by atoms with E-state index in [-0.39, 0.29) is 11.8 Å². The number of thiophene rings is 1. The number of hydrogen-bond acceptors (Lipinski definition) is 4. The first-order valence-electron chi connectivity index (χ1n) is 10.8. The van der Waals surface area contributed by atoms with Crippen LogP contribution in [0.25, 0.3) is 11.1 Å². The lowest BCUT2D eigenvalue weighted by atomic mass is 9.84. The maximum absolute atomic E-state index is 12.5. The lowest BCUT2D eigenvalue weighted by molar-refractivity contribution is -0.127. The van der Waals surface area contributed by atoms with Crippen molar-refractivity contribution < 1.29 is 4.79 Å². The monoisotopic (exact) mass is 474 g/mol. The van der Waals surface area contributed by atoms with Crippen molar-refractivity contribution in [1.29, 1.82) is 0 Å². The van der Waals surface area contributed by atoms with Gasteiger partial charge in [-0.25, -0.2) is 0 Å². The Kier molecular flexibility index (Phi) is 5.87. The first-order valence-corrected chi connectivity index (χ1v) is 12.0. The maximum atomic E-state index is 12.5. The minimum absolute atomic E-state index is 0.0242. The molecule has 0 N–H and O–H groups in total. The van der Waals surface area contributed by atoms with Crippen LogP contribution in [0.15, 0.2) is 73.6 Å². The zero-order valence-electron chi connectivity index (χ0n) is 18.2. The molecule has 3 aromatic heterocycles. The Labute approximate surface area is 202 Å². The Bertz CT molecular complexity index is 1330. The molecule has 1 aliphatic rings. The molecule has 0 saturated heterocycles. The van der Waals surface area contributed by atoms with Crippen molar-refractivity contribution in [3.8, 4) is 11.1 Å². The van der Waals surface area contributed by atoms with Crippen LogP contribution in [0, 0.1) is 6.92 Å². The predicted octanol–water partition coefficient (Wildman–Crippen LogP) is 5.68. The van der Waals surface area contributed by atoms with Crippen molar-refractivity contribution >= 4 is 28.8 Å². The number of nitrogens with zero attached hydrogens (tertiary/aromatic N) is 4. The Morgan fingerprint density at radius 3 is 2.82 bits per heavy atom. The predicted molar refractivity (Wildman–Crippen MR) is 133 cm³/mol. The molecule has 0 fully saturated rings. The lowest BCUT2D eigenvalue weighted by Gasteiger charge is -2.33. The summed E-state index contributed by atoms with van der Waals surface area (Å²) in [5.41, 5.74) is 6.48. The summed E-state index contributed by atoms with van der Waals surface area (Å²) >= 11 is 7.95. The van der Waals surface area contributed by atoms with Gasteiger partial charge in [0, 0.05) is 35.3 Å². The van der Waals surface area contributed by atoms with E-state index in [1.165, 1.54) is 11.6 Å². The molecule has 1 amide bonds. The lowest BCUT2D eigenvalue weighted by Crippen LogP contribution is -2.37. The summed E-state index contributed by atoms with van der Waals surface area (Å²) in [5, 5.41) is 4.75. The molecule has 4 aromatic rings. The van der Waals surface area contributed by atoms with E-state index in [1.54, 1.807) is 17.5 Å². The molecule has 33 heavy (non-hydrogen) atoms. The van der Waals surface area contributed by atoms with Gasteiger partial charge in [0.25, 0.3) is 0 Å². The van der Waals surface area contributed by atoms with Crippen molar-refractivity contribution in [2.24, 2.45) is 0 Å². The van der Waals surface area contributed by atoms with Crippen LogP contribution in [0.5, 0.6) is 0 Å². The van der Waals surface area contributed by atoms with Crippen LogP contribution in [0.2, 0.25) is 4.34 Å². The quantitative estimate of drug-likeness (QED) is 0.350. The fraction of sp³-hybridized carbons (Fsp3) is 0.192. The largest absolute Gasteiger partial charge is 0.333 e. The number of aryl methyl sites for hydroxylation is 1. The molecule has 0 bridgehead atoms.